The van der Waals surface area contributed by atoms with Crippen molar-refractivity contribution in [2.45, 2.75) is 12.3 Å². The zero-order valence-electron chi connectivity index (χ0n) is 16.3. The second kappa shape index (κ2) is 7.33. The summed E-state index contributed by atoms with van der Waals surface area (Å²) in [6.07, 6.45) is 2.12. The van der Waals surface area contributed by atoms with E-state index in [1.54, 1.807) is 6.20 Å². The van der Waals surface area contributed by atoms with Crippen molar-refractivity contribution in [2.75, 3.05) is 19.2 Å². The first-order valence-electron chi connectivity index (χ1n) is 9.77. The molecule has 0 radical (unpaired) electrons. The second-order valence-corrected chi connectivity index (χ2v) is 7.48. The number of carbonyl (C=O) groups is 2. The molecule has 1 aliphatic heterocycles. The van der Waals surface area contributed by atoms with Gasteiger partial charge in [-0.25, -0.2) is 0 Å². The number of nitrogens with one attached hydrogen (secondary N) is 1. The minimum absolute atomic E-state index is 0.143. The molecule has 0 unspecified atom stereocenters. The van der Waals surface area contributed by atoms with Crippen LogP contribution in [-0.4, -0.2) is 30.8 Å². The molecule has 5 rings (SSSR count). The molecule has 0 bridgehead atoms. The fourth-order valence-electron chi connectivity index (χ4n) is 4.33. The Morgan fingerprint density at radius 2 is 1.90 bits per heavy atom. The predicted molar refractivity (Wildman–Crippen MR) is 109 cm³/mol. The molecule has 7 nitrogen and oxygen atoms in total. The first-order chi connectivity index (χ1) is 14.7. The molecule has 2 heterocycles. The summed E-state index contributed by atoms with van der Waals surface area (Å²) in [6, 6.07) is 15.0. The van der Waals surface area contributed by atoms with Gasteiger partial charge in [0.25, 0.3) is 0 Å². The molecule has 1 aromatic heterocycles. The molecule has 30 heavy (non-hydrogen) atoms. The Kier molecular flexibility index (Phi) is 4.50. The number of pyridine rings is 1. The van der Waals surface area contributed by atoms with E-state index < -0.39 is 0 Å². The third kappa shape index (κ3) is 3.03. The van der Waals surface area contributed by atoms with Crippen LogP contribution >= 0.6 is 0 Å². The van der Waals surface area contributed by atoms with Gasteiger partial charge >= 0.3 is 5.97 Å². The number of methoxy groups -OCH3 is 1. The van der Waals surface area contributed by atoms with Crippen LogP contribution < -0.4 is 14.8 Å². The van der Waals surface area contributed by atoms with Gasteiger partial charge in [0.1, 0.15) is 0 Å². The molecular formula is C23H20N2O5. The Bertz CT molecular complexity index is 1140. The van der Waals surface area contributed by atoms with E-state index in [4.69, 9.17) is 14.2 Å². The molecule has 3 aromatic rings. The van der Waals surface area contributed by atoms with E-state index in [1.165, 1.54) is 7.11 Å². The fourth-order valence-corrected chi connectivity index (χ4v) is 4.33. The van der Waals surface area contributed by atoms with E-state index in [0.717, 1.165) is 16.5 Å². The molecule has 7 heteroatoms. The van der Waals surface area contributed by atoms with Gasteiger partial charge in [0.15, 0.2) is 11.5 Å². The van der Waals surface area contributed by atoms with E-state index in [9.17, 15) is 9.59 Å². The lowest BCUT2D eigenvalue weighted by Crippen LogP contribution is -2.46. The molecule has 1 amide bonds. The monoisotopic (exact) mass is 404 g/mol. The lowest BCUT2D eigenvalue weighted by molar-refractivity contribution is -0.153. The van der Waals surface area contributed by atoms with Crippen LogP contribution in [-0.2, 0) is 14.3 Å². The zero-order valence-corrected chi connectivity index (χ0v) is 16.3. The number of nitrogens with zero attached hydrogens (tertiary/aromatic N) is 1. The maximum atomic E-state index is 13.2. The van der Waals surface area contributed by atoms with Gasteiger partial charge in [-0.3, -0.25) is 14.6 Å². The SMILES string of the molecule is COC(=O)[C@@H]1C[C@H](C(=O)Nc2cccc3cccnc23)[C@@H]1c1ccc2c(c1)OCO2. The molecule has 1 saturated carbocycles. The summed E-state index contributed by atoms with van der Waals surface area (Å²) >= 11 is 0. The quantitative estimate of drug-likeness (QED) is 0.670. The van der Waals surface area contributed by atoms with Crippen molar-refractivity contribution in [3.63, 3.8) is 0 Å². The number of hydrogen-bond donors (Lipinski definition) is 1. The average molecular weight is 404 g/mol. The van der Waals surface area contributed by atoms with Gasteiger partial charge in [-0.15, -0.1) is 0 Å². The maximum Gasteiger partial charge on any atom is 0.309 e. The van der Waals surface area contributed by atoms with Crippen LogP contribution in [0.3, 0.4) is 0 Å². The molecule has 3 atom stereocenters. The van der Waals surface area contributed by atoms with Crippen molar-refractivity contribution in [1.82, 2.24) is 4.98 Å². The second-order valence-electron chi connectivity index (χ2n) is 7.48. The first-order valence-corrected chi connectivity index (χ1v) is 9.77. The lowest BCUT2D eigenvalue weighted by Gasteiger charge is -2.42. The summed E-state index contributed by atoms with van der Waals surface area (Å²) in [5, 5.41) is 3.95. The number of aromatic nitrogens is 1. The number of anilines is 1. The minimum Gasteiger partial charge on any atom is -0.469 e. The van der Waals surface area contributed by atoms with Crippen molar-refractivity contribution in [3.05, 3.63) is 60.3 Å². The molecule has 0 saturated heterocycles. The summed E-state index contributed by atoms with van der Waals surface area (Å²) in [4.78, 5) is 29.8. The van der Waals surface area contributed by atoms with Crippen LogP contribution in [0.2, 0.25) is 0 Å². The number of amides is 1. The number of fused-ring (bicyclic) bond motifs is 2. The first kappa shape index (κ1) is 18.4. The maximum absolute atomic E-state index is 13.2. The van der Waals surface area contributed by atoms with Crippen LogP contribution in [0.5, 0.6) is 11.5 Å². The number of carbonyl (C=O) groups excluding carboxylic acids is 2. The number of hydrogen-bond acceptors (Lipinski definition) is 6. The molecule has 2 aliphatic rings. The zero-order chi connectivity index (χ0) is 20.7. The van der Waals surface area contributed by atoms with Crippen molar-refractivity contribution < 1.29 is 23.8 Å². The molecule has 2 aromatic carbocycles. The number of benzene rings is 2. The third-order valence-electron chi connectivity index (χ3n) is 5.89. The van der Waals surface area contributed by atoms with Gasteiger partial charge in [0.2, 0.25) is 12.7 Å². The normalized spacial score (nSPS) is 21.7. The number of para-hydroxylation sites is 1. The Morgan fingerprint density at radius 1 is 1.07 bits per heavy atom. The topological polar surface area (TPSA) is 86.8 Å². The number of esters is 1. The van der Waals surface area contributed by atoms with Crippen molar-refractivity contribution in [2.24, 2.45) is 11.8 Å². The van der Waals surface area contributed by atoms with Crippen molar-refractivity contribution >= 4 is 28.5 Å². The van der Waals surface area contributed by atoms with Gasteiger partial charge < -0.3 is 19.5 Å². The summed E-state index contributed by atoms with van der Waals surface area (Å²) < 4.78 is 15.8. The van der Waals surface area contributed by atoms with Gasteiger partial charge in [-0.2, -0.15) is 0 Å². The molecule has 1 N–H and O–H groups in total. The molecule has 1 fully saturated rings. The van der Waals surface area contributed by atoms with E-state index in [1.807, 2.05) is 48.5 Å². The largest absolute Gasteiger partial charge is 0.469 e. The third-order valence-corrected chi connectivity index (χ3v) is 5.89. The van der Waals surface area contributed by atoms with E-state index in [-0.39, 0.29) is 36.4 Å². The summed E-state index contributed by atoms with van der Waals surface area (Å²) in [5.41, 5.74) is 2.25. The van der Waals surface area contributed by atoms with E-state index in [2.05, 4.69) is 10.3 Å². The molecular weight excluding hydrogens is 384 g/mol. The van der Waals surface area contributed by atoms with Gasteiger partial charge in [0, 0.05) is 23.4 Å². The van der Waals surface area contributed by atoms with Crippen LogP contribution in [0.25, 0.3) is 10.9 Å². The van der Waals surface area contributed by atoms with Gasteiger partial charge in [0.05, 0.1) is 24.2 Å². The predicted octanol–water partition coefficient (Wildman–Crippen LogP) is 3.49. The highest BCUT2D eigenvalue weighted by atomic mass is 16.7. The summed E-state index contributed by atoms with van der Waals surface area (Å²) in [6.45, 7) is 0.169. The Hall–Kier alpha value is -3.61. The smallest absolute Gasteiger partial charge is 0.309 e. The number of ether oxygens (including phenoxy) is 3. The average Bonchev–Trinajstić information content (AvgIpc) is 3.21. The highest BCUT2D eigenvalue weighted by Crippen LogP contribution is 2.50. The van der Waals surface area contributed by atoms with E-state index >= 15 is 0 Å². The Labute approximate surface area is 173 Å². The van der Waals surface area contributed by atoms with Gasteiger partial charge in [-0.05, 0) is 36.2 Å². The minimum atomic E-state index is -0.378. The van der Waals surface area contributed by atoms with Crippen LogP contribution in [0.15, 0.2) is 54.7 Å². The fraction of sp³-hybridized carbons (Fsp3) is 0.261. The van der Waals surface area contributed by atoms with Crippen LogP contribution in [0.4, 0.5) is 5.69 Å². The van der Waals surface area contributed by atoms with Crippen LogP contribution in [0.1, 0.15) is 17.9 Å². The van der Waals surface area contributed by atoms with Crippen LogP contribution in [0, 0.1) is 11.8 Å². The molecule has 152 valence electrons. The highest BCUT2D eigenvalue weighted by molar-refractivity contribution is 6.02. The van der Waals surface area contributed by atoms with Crippen molar-refractivity contribution in [3.8, 4) is 11.5 Å². The number of rotatable bonds is 4. The lowest BCUT2D eigenvalue weighted by atomic mass is 9.61. The van der Waals surface area contributed by atoms with Gasteiger partial charge in [-0.1, -0.05) is 24.3 Å². The molecule has 0 spiro atoms. The summed E-state index contributed by atoms with van der Waals surface area (Å²) in [5.74, 6) is -0.208. The van der Waals surface area contributed by atoms with E-state index in [0.29, 0.717) is 23.6 Å². The summed E-state index contributed by atoms with van der Waals surface area (Å²) in [7, 11) is 1.37. The van der Waals surface area contributed by atoms with Crippen molar-refractivity contribution in [1.29, 1.82) is 0 Å². The highest BCUT2D eigenvalue weighted by Gasteiger charge is 2.50. The standard InChI is InChI=1S/C23H20N2O5/c1-28-23(27)16-11-15(20(16)14-7-8-18-19(10-14)30-12-29-18)22(26)25-17-6-2-4-13-5-3-9-24-21(13)17/h2-10,15-16,20H,11-12H2,1H3,(H,25,26)/t15-,16+,20-/m0/s1. The Morgan fingerprint density at radius 3 is 2.77 bits per heavy atom. The Balaban J connectivity index is 1.43. The molecule has 1 aliphatic carbocycles.